The Kier molecular flexibility index (Phi) is 15.7. The van der Waals surface area contributed by atoms with Gasteiger partial charge in [0.1, 0.15) is 0 Å². The van der Waals surface area contributed by atoms with Crippen molar-refractivity contribution < 1.29 is 14.4 Å². The van der Waals surface area contributed by atoms with Crippen molar-refractivity contribution in [1.29, 1.82) is 0 Å². The summed E-state index contributed by atoms with van der Waals surface area (Å²) in [6, 6.07) is 6.74. The number of nitrogens with zero attached hydrogens (tertiary/aromatic N) is 15. The lowest BCUT2D eigenvalue weighted by molar-refractivity contribution is 0.100. The Balaban J connectivity index is 1.88. The number of hydrogen-bond acceptors (Lipinski definition) is 15. The summed E-state index contributed by atoms with van der Waals surface area (Å²) in [4.78, 5) is 64.6. The minimum absolute atomic E-state index is 0.0537. The molecule has 2 heterocycles. The quantitative estimate of drug-likeness (QED) is 0.123. The van der Waals surface area contributed by atoms with Gasteiger partial charge >= 0.3 is 0 Å². The number of anilines is 9. The van der Waals surface area contributed by atoms with Gasteiger partial charge in [0, 0.05) is 193 Å². The van der Waals surface area contributed by atoms with E-state index >= 15 is 0 Å². The molecule has 0 N–H and O–H groups in total. The summed E-state index contributed by atoms with van der Waals surface area (Å²) in [6.07, 6.45) is 0. The smallest absolute Gasteiger partial charge is 0.267 e. The fraction of sp³-hybridized carbons (Fsp3) is 0. The van der Waals surface area contributed by atoms with Crippen LogP contribution in [0.5, 0.6) is 0 Å². The van der Waals surface area contributed by atoms with Gasteiger partial charge in [0.15, 0.2) is 0 Å². The summed E-state index contributed by atoms with van der Waals surface area (Å²) in [5.41, 5.74) is -1.43. The van der Waals surface area contributed by atoms with E-state index in [1.165, 1.54) is 18.2 Å². The van der Waals surface area contributed by atoms with Gasteiger partial charge < -0.3 is 0 Å². The number of rotatable bonds is 12. The van der Waals surface area contributed by atoms with Crippen LogP contribution in [0.4, 0.5) is 52.8 Å². The first kappa shape index (κ1) is 44.7. The van der Waals surface area contributed by atoms with Gasteiger partial charge in [-0.1, -0.05) is 0 Å². The van der Waals surface area contributed by atoms with Crippen LogP contribution in [0.15, 0.2) is 36.4 Å². The first-order valence-electron chi connectivity index (χ1n) is 12.7. The lowest BCUT2D eigenvalue weighted by atomic mass is 10.0. The molecule has 4 rings (SSSR count). The second-order valence-corrected chi connectivity index (χ2v) is 15.2. The van der Waals surface area contributed by atoms with E-state index in [0.29, 0.717) is 36.9 Å². The molecule has 0 bridgehead atoms. The largest absolute Gasteiger partial charge is 0.275 e. The van der Waals surface area contributed by atoms with Crippen LogP contribution in [0.3, 0.4) is 0 Å². The third-order valence-corrected chi connectivity index (χ3v) is 8.82. The average molecular weight is 1050 g/mol. The average Bonchev–Trinajstić information content (AvgIpc) is 3.14. The Morgan fingerprint density at radius 2 is 0.556 bits per heavy atom. The molecular weight excluding hydrogens is 1040 g/mol. The van der Waals surface area contributed by atoms with Crippen molar-refractivity contribution >= 4 is 247 Å². The molecule has 0 aliphatic carbocycles. The van der Waals surface area contributed by atoms with Crippen molar-refractivity contribution in [3.05, 3.63) is 53.1 Å². The molecule has 2 aromatic carbocycles. The van der Waals surface area contributed by atoms with Gasteiger partial charge in [0.25, 0.3) is 53.4 Å². The van der Waals surface area contributed by atoms with E-state index in [-0.39, 0.29) is 17.1 Å². The van der Waals surface area contributed by atoms with E-state index in [1.54, 1.807) is 0 Å². The second kappa shape index (κ2) is 19.0. The van der Waals surface area contributed by atoms with Gasteiger partial charge in [-0.2, -0.15) is 62.4 Å². The number of amides is 3. The van der Waals surface area contributed by atoms with Gasteiger partial charge in [-0.25, -0.2) is 4.42 Å². The van der Waals surface area contributed by atoms with E-state index in [4.69, 9.17) is 177 Å². The molecule has 0 spiro atoms. The molecule has 0 aliphatic rings. The number of carbonyl (C=O) groups is 3. The standard InChI is InChI=1S/C21H6Cl15N15O3/c22-43(10-4-11(46(25)26)6-12(5-10)47(27)28)13(52)7-1-8(14(53)44(23)16-37-18(48(29)30)41-19(38-16)49(31)32)3-9(2-7)15(54)45(24)17-39-20(50(33)34)42-21(40-17)51(35)36/h1-6H. The van der Waals surface area contributed by atoms with Crippen LogP contribution in [-0.4, -0.2) is 47.6 Å². The predicted octanol–water partition coefficient (Wildman–Crippen LogP) is 10.1. The monoisotopic (exact) mass is 1040 g/mol. The first-order valence-corrected chi connectivity index (χ1v) is 17.8. The molecule has 18 nitrogen and oxygen atoms in total. The number of halogens is 15. The Labute approximate surface area is 378 Å². The third-order valence-electron chi connectivity index (χ3n) is 5.87. The SMILES string of the molecule is O=C(c1cc(C(=O)N(Cl)c2nc(N(Cl)Cl)nc(N(Cl)Cl)n2)cc(C(=O)N(Cl)c2nc(N(Cl)Cl)nc(N(Cl)Cl)n2)c1)N(Cl)c1cc(N(Cl)Cl)cc(N(Cl)Cl)c1. The molecule has 288 valence electrons. The maximum absolute atomic E-state index is 13.9. The summed E-state index contributed by atoms with van der Waals surface area (Å²) in [7, 11) is 0. The third kappa shape index (κ3) is 10.7. The number of carbonyl (C=O) groups excluding carboxylic acids is 3. The second-order valence-electron chi connectivity index (χ2n) is 9.13. The van der Waals surface area contributed by atoms with Crippen LogP contribution in [0.1, 0.15) is 31.1 Å². The highest BCUT2D eigenvalue weighted by Crippen LogP contribution is 2.35. The number of benzene rings is 2. The summed E-state index contributed by atoms with van der Waals surface area (Å²) in [5, 5.41) is 0. The lowest BCUT2D eigenvalue weighted by Gasteiger charge is -2.20. The van der Waals surface area contributed by atoms with Gasteiger partial charge in [-0.05, 0) is 36.4 Å². The fourth-order valence-corrected chi connectivity index (χ4v) is 5.23. The minimum Gasteiger partial charge on any atom is -0.267 e. The molecule has 0 fully saturated rings. The Bertz CT molecular complexity index is 1750. The molecule has 2 aromatic heterocycles. The summed E-state index contributed by atoms with van der Waals surface area (Å²) in [5.74, 6) is -6.71. The molecule has 0 saturated carbocycles. The molecule has 4 aromatic rings. The van der Waals surface area contributed by atoms with Crippen molar-refractivity contribution in [2.45, 2.75) is 0 Å². The number of aromatic nitrogens is 6. The van der Waals surface area contributed by atoms with Crippen LogP contribution in [0.2, 0.25) is 0 Å². The van der Waals surface area contributed by atoms with Crippen molar-refractivity contribution in [3.63, 3.8) is 0 Å². The molecule has 0 aliphatic heterocycles. The zero-order chi connectivity index (χ0) is 40.3. The van der Waals surface area contributed by atoms with Gasteiger partial charge in [0.05, 0.1) is 17.1 Å². The highest BCUT2D eigenvalue weighted by Gasteiger charge is 2.30. The Morgan fingerprint density at radius 3 is 0.815 bits per heavy atom. The molecule has 33 heteroatoms. The fourth-order valence-electron chi connectivity index (χ4n) is 3.69. The first-order chi connectivity index (χ1) is 25.2. The Hall–Kier alpha value is -1.98. The van der Waals surface area contributed by atoms with E-state index in [9.17, 15) is 14.4 Å². The highest BCUT2D eigenvalue weighted by atomic mass is 35.6. The van der Waals surface area contributed by atoms with Crippen molar-refractivity contribution in [3.8, 4) is 0 Å². The van der Waals surface area contributed by atoms with Gasteiger partial charge in [-0.3, -0.25) is 14.4 Å². The van der Waals surface area contributed by atoms with E-state index in [2.05, 4.69) is 29.9 Å². The van der Waals surface area contributed by atoms with Crippen LogP contribution >= 0.6 is 177 Å². The summed E-state index contributed by atoms with van der Waals surface area (Å²) < 4.78 is 3.93. The molecule has 0 unspecified atom stereocenters. The molecule has 0 atom stereocenters. The molecular formula is C21H6Cl15N15O3. The lowest BCUT2D eigenvalue weighted by Crippen LogP contribution is -2.28. The molecule has 0 radical (unpaired) electrons. The van der Waals surface area contributed by atoms with Crippen LogP contribution in [0, 0.1) is 0 Å². The summed E-state index contributed by atoms with van der Waals surface area (Å²) >= 11 is 88.5. The van der Waals surface area contributed by atoms with Crippen LogP contribution in [-0.2, 0) is 0 Å². The maximum atomic E-state index is 13.9. The topological polar surface area (TPSA) is 158 Å². The zero-order valence-corrected chi connectivity index (χ0v) is 35.9. The van der Waals surface area contributed by atoms with Crippen molar-refractivity contribution in [2.75, 3.05) is 36.9 Å². The van der Waals surface area contributed by atoms with E-state index in [0.717, 1.165) is 18.2 Å². The van der Waals surface area contributed by atoms with Gasteiger partial charge in [0.2, 0.25) is 0 Å². The Morgan fingerprint density at radius 1 is 0.315 bits per heavy atom. The highest BCUT2D eigenvalue weighted by molar-refractivity contribution is 6.52. The maximum Gasteiger partial charge on any atom is 0.275 e. The molecule has 3 amide bonds. The predicted molar refractivity (Wildman–Crippen MR) is 216 cm³/mol. The molecule has 54 heavy (non-hydrogen) atoms. The minimum atomic E-state index is -1.19. The van der Waals surface area contributed by atoms with E-state index in [1.807, 2.05) is 0 Å². The number of hydrogen-bond donors (Lipinski definition) is 0. The van der Waals surface area contributed by atoms with Gasteiger partial charge in [-0.15, -0.1) is 0 Å². The van der Waals surface area contributed by atoms with Crippen LogP contribution < -0.4 is 36.9 Å². The van der Waals surface area contributed by atoms with Crippen molar-refractivity contribution in [2.24, 2.45) is 0 Å². The normalized spacial score (nSPS) is 10.7. The zero-order valence-electron chi connectivity index (χ0n) is 24.6. The van der Waals surface area contributed by atoms with Crippen molar-refractivity contribution in [1.82, 2.24) is 29.9 Å². The van der Waals surface area contributed by atoms with Crippen LogP contribution in [0.25, 0.3) is 0 Å². The molecule has 0 saturated heterocycles. The van der Waals surface area contributed by atoms with E-state index < -0.39 is 70.1 Å². The summed E-state index contributed by atoms with van der Waals surface area (Å²) in [6.45, 7) is 0.